The van der Waals surface area contributed by atoms with Gasteiger partial charge in [-0.2, -0.15) is 0 Å². The van der Waals surface area contributed by atoms with Crippen LogP contribution in [-0.4, -0.2) is 49.6 Å². The smallest absolute Gasteiger partial charge is 0.169 e. The first-order valence-electron chi connectivity index (χ1n) is 10.3. The Hall–Kier alpha value is -1.37. The first-order valence-corrected chi connectivity index (χ1v) is 10.3. The number of fused-ring (bicyclic) bond motifs is 5. The van der Waals surface area contributed by atoms with Crippen LogP contribution in [0.4, 0.5) is 0 Å². The average Bonchev–Trinajstić information content (AvgIpc) is 2.82. The largest absolute Gasteiger partial charge is 0.393 e. The molecule has 152 valence electrons. The van der Waals surface area contributed by atoms with Gasteiger partial charge in [0.05, 0.1) is 6.10 Å². The molecule has 4 rings (SSSR count). The van der Waals surface area contributed by atoms with Gasteiger partial charge in [-0.15, -0.1) is 12.8 Å². The lowest BCUT2D eigenvalue weighted by molar-refractivity contribution is -0.192. The number of Topliss-reactive ketones (excluding diaryl/α,β-unsaturated/α-hetero) is 1. The molecule has 0 amide bonds. The minimum absolute atomic E-state index is 0.0536. The van der Waals surface area contributed by atoms with Gasteiger partial charge in [0.15, 0.2) is 17.5 Å². The molecular weight excluding hydrogens is 356 g/mol. The number of aliphatic hydroxyl groups excluding tert-OH is 2. The summed E-state index contributed by atoms with van der Waals surface area (Å²) in [5.41, 5.74) is -4.16. The topological polar surface area (TPSA) is 98.0 Å². The fourth-order valence-electron chi connectivity index (χ4n) is 7.43. The number of carbonyl (C=O) groups is 1. The van der Waals surface area contributed by atoms with Crippen molar-refractivity contribution in [3.63, 3.8) is 0 Å². The fraction of sp³-hybridized carbons (Fsp3) is 0.783. The summed E-state index contributed by atoms with van der Waals surface area (Å²) in [5.74, 6) is 3.46. The second-order valence-corrected chi connectivity index (χ2v) is 10.2. The molecule has 0 saturated heterocycles. The molecule has 10 atom stereocenters. The first-order chi connectivity index (χ1) is 13.0. The van der Waals surface area contributed by atoms with Gasteiger partial charge in [0.25, 0.3) is 0 Å². The van der Waals surface area contributed by atoms with E-state index >= 15 is 0 Å². The Labute approximate surface area is 166 Å². The van der Waals surface area contributed by atoms with Gasteiger partial charge in [-0.05, 0) is 61.7 Å². The molecule has 0 bridgehead atoms. The van der Waals surface area contributed by atoms with Crippen molar-refractivity contribution < 1.29 is 25.2 Å². The number of rotatable bonds is 0. The molecule has 4 N–H and O–H groups in total. The summed E-state index contributed by atoms with van der Waals surface area (Å²) >= 11 is 0. The normalized spacial score (nSPS) is 58.1. The van der Waals surface area contributed by atoms with Gasteiger partial charge in [-0.3, -0.25) is 4.79 Å². The van der Waals surface area contributed by atoms with Crippen LogP contribution in [0.25, 0.3) is 0 Å². The van der Waals surface area contributed by atoms with E-state index in [-0.39, 0.29) is 23.2 Å². The molecule has 0 aromatic heterocycles. The third kappa shape index (κ3) is 2.17. The zero-order valence-electron chi connectivity index (χ0n) is 16.6. The van der Waals surface area contributed by atoms with Gasteiger partial charge in [0.1, 0.15) is 5.60 Å². The van der Waals surface area contributed by atoms with E-state index in [1.165, 1.54) is 0 Å². The molecule has 4 fully saturated rings. The Balaban J connectivity index is 1.75. The predicted molar refractivity (Wildman–Crippen MR) is 102 cm³/mol. The van der Waals surface area contributed by atoms with E-state index in [1.54, 1.807) is 6.92 Å². The molecule has 0 spiro atoms. The summed E-state index contributed by atoms with van der Waals surface area (Å²) in [6.45, 7) is 3.96. The van der Waals surface area contributed by atoms with E-state index in [4.69, 9.17) is 12.8 Å². The maximum Gasteiger partial charge on any atom is 0.169 e. The lowest BCUT2D eigenvalue weighted by Crippen LogP contribution is -2.62. The molecule has 0 aromatic rings. The van der Waals surface area contributed by atoms with Crippen LogP contribution in [0.15, 0.2) is 0 Å². The van der Waals surface area contributed by atoms with Crippen molar-refractivity contribution in [1.29, 1.82) is 0 Å². The molecule has 4 unspecified atom stereocenters. The average molecular weight is 386 g/mol. The summed E-state index contributed by atoms with van der Waals surface area (Å²) in [6.07, 6.45) is 12.1. The SMILES string of the molecule is C#C[C@]1(O)CC[C@]2(C)C3CC[C@@]4(C)C(C(=O)C(O)[C@@]4(O)C#C)C3[C@@H](O)C[C@@H]2C1. The van der Waals surface area contributed by atoms with Gasteiger partial charge in [0, 0.05) is 11.3 Å². The highest BCUT2D eigenvalue weighted by molar-refractivity contribution is 5.92. The lowest BCUT2D eigenvalue weighted by atomic mass is 9.43. The van der Waals surface area contributed by atoms with Crippen molar-refractivity contribution >= 4 is 5.78 Å². The third-order valence-corrected chi connectivity index (χ3v) is 9.25. The van der Waals surface area contributed by atoms with E-state index in [1.807, 2.05) is 0 Å². The minimum Gasteiger partial charge on any atom is -0.393 e. The Bertz CT molecular complexity index is 794. The zero-order valence-corrected chi connectivity index (χ0v) is 16.6. The number of aliphatic hydroxyl groups is 4. The summed E-state index contributed by atoms with van der Waals surface area (Å²) in [4.78, 5) is 13.1. The van der Waals surface area contributed by atoms with Gasteiger partial charge < -0.3 is 20.4 Å². The zero-order chi connectivity index (χ0) is 20.7. The highest BCUT2D eigenvalue weighted by Crippen LogP contribution is 2.67. The molecule has 0 radical (unpaired) electrons. The molecular formula is C23H30O5. The van der Waals surface area contributed by atoms with Gasteiger partial charge in [-0.1, -0.05) is 25.7 Å². The molecule has 0 aliphatic heterocycles. The second kappa shape index (κ2) is 5.83. The second-order valence-electron chi connectivity index (χ2n) is 10.2. The van der Waals surface area contributed by atoms with Gasteiger partial charge in [-0.25, -0.2) is 0 Å². The summed E-state index contributed by atoms with van der Waals surface area (Å²) in [6, 6.07) is 0. The first kappa shape index (κ1) is 19.9. The van der Waals surface area contributed by atoms with Crippen LogP contribution < -0.4 is 0 Å². The Morgan fingerprint density at radius 3 is 2.36 bits per heavy atom. The van der Waals surface area contributed by atoms with Crippen molar-refractivity contribution in [2.75, 3.05) is 0 Å². The molecule has 5 heteroatoms. The Kier molecular flexibility index (Phi) is 4.15. The fourth-order valence-corrected chi connectivity index (χ4v) is 7.43. The monoisotopic (exact) mass is 386 g/mol. The number of ketones is 1. The minimum atomic E-state index is -1.91. The molecule has 0 heterocycles. The summed E-state index contributed by atoms with van der Waals surface area (Å²) in [5, 5.41) is 43.3. The van der Waals surface area contributed by atoms with Gasteiger partial charge >= 0.3 is 0 Å². The number of hydrogen-bond acceptors (Lipinski definition) is 5. The maximum absolute atomic E-state index is 13.1. The standard InChI is InChI=1S/C23H30O5/c1-5-22(27)10-9-20(3)13(12-22)11-15(24)16-14(20)7-8-21(4)17(16)18(25)19(26)23(21,28)6-2/h1-2,13-17,19,24,26-28H,7-12H2,3-4H3/t13-,14?,15+,16?,17?,19?,20+,21+,22+,23+/m1/s1. The maximum atomic E-state index is 13.1. The third-order valence-electron chi connectivity index (χ3n) is 9.25. The van der Waals surface area contributed by atoms with Crippen molar-refractivity contribution in [2.24, 2.45) is 34.5 Å². The van der Waals surface area contributed by atoms with Crippen LogP contribution >= 0.6 is 0 Å². The van der Waals surface area contributed by atoms with Crippen molar-refractivity contribution in [1.82, 2.24) is 0 Å². The summed E-state index contributed by atoms with van der Waals surface area (Å²) < 4.78 is 0. The highest BCUT2D eigenvalue weighted by Gasteiger charge is 2.72. The Morgan fingerprint density at radius 1 is 1.07 bits per heavy atom. The predicted octanol–water partition coefficient (Wildman–Crippen LogP) is 0.878. The van der Waals surface area contributed by atoms with Crippen molar-refractivity contribution in [3.8, 4) is 24.7 Å². The van der Waals surface area contributed by atoms with Crippen molar-refractivity contribution in [3.05, 3.63) is 0 Å². The van der Waals surface area contributed by atoms with Crippen LogP contribution in [0, 0.1) is 59.2 Å². The summed E-state index contributed by atoms with van der Waals surface area (Å²) in [7, 11) is 0. The number of terminal acetylenes is 2. The number of hydrogen-bond donors (Lipinski definition) is 4. The lowest BCUT2D eigenvalue weighted by Gasteiger charge is -2.62. The van der Waals surface area contributed by atoms with E-state index in [2.05, 4.69) is 18.8 Å². The van der Waals surface area contributed by atoms with Crippen LogP contribution in [0.2, 0.25) is 0 Å². The number of carbonyl (C=O) groups excluding carboxylic acids is 1. The van der Waals surface area contributed by atoms with Crippen LogP contribution in [0.3, 0.4) is 0 Å². The molecule has 4 aliphatic carbocycles. The van der Waals surface area contributed by atoms with Crippen molar-refractivity contribution in [2.45, 2.75) is 75.8 Å². The van der Waals surface area contributed by atoms with E-state index in [9.17, 15) is 25.2 Å². The molecule has 0 aromatic carbocycles. The molecule has 5 nitrogen and oxygen atoms in total. The van der Waals surface area contributed by atoms with E-state index in [0.29, 0.717) is 32.1 Å². The van der Waals surface area contributed by atoms with Crippen LogP contribution in [-0.2, 0) is 4.79 Å². The Morgan fingerprint density at radius 2 is 1.75 bits per heavy atom. The van der Waals surface area contributed by atoms with E-state index in [0.717, 1.165) is 6.42 Å². The molecule has 28 heavy (non-hydrogen) atoms. The molecule has 4 aliphatic rings. The molecule has 4 saturated carbocycles. The highest BCUT2D eigenvalue weighted by atomic mass is 16.4. The van der Waals surface area contributed by atoms with Gasteiger partial charge in [0.2, 0.25) is 0 Å². The quantitative estimate of drug-likeness (QED) is 0.464. The van der Waals surface area contributed by atoms with Crippen LogP contribution in [0.5, 0.6) is 0 Å². The van der Waals surface area contributed by atoms with Crippen LogP contribution in [0.1, 0.15) is 52.4 Å². The van der Waals surface area contributed by atoms with E-state index < -0.39 is 40.5 Å².